The number of thiazole rings is 1. The monoisotopic (exact) mass is 435 g/mol. The molecule has 0 bridgehead atoms. The third-order valence-electron chi connectivity index (χ3n) is 4.58. The fourth-order valence-corrected chi connectivity index (χ4v) is 4.02. The number of amides is 1. The molecule has 0 N–H and O–H groups in total. The number of para-hydroxylation sites is 2. The summed E-state index contributed by atoms with van der Waals surface area (Å²) in [6.07, 6.45) is 1.70. The van der Waals surface area contributed by atoms with Crippen molar-refractivity contribution in [2.24, 2.45) is 0 Å². The van der Waals surface area contributed by atoms with Crippen molar-refractivity contribution in [3.05, 3.63) is 72.6 Å². The Balaban J connectivity index is 1.61. The molecule has 0 aliphatic rings. The van der Waals surface area contributed by atoms with Gasteiger partial charge >= 0.3 is 0 Å². The molecule has 4 rings (SSSR count). The van der Waals surface area contributed by atoms with Gasteiger partial charge in [0.15, 0.2) is 23.2 Å². The van der Waals surface area contributed by atoms with Crippen LogP contribution in [-0.4, -0.2) is 36.7 Å². The first-order valence-electron chi connectivity index (χ1n) is 9.58. The third-order valence-corrected chi connectivity index (χ3v) is 5.62. The van der Waals surface area contributed by atoms with Gasteiger partial charge in [-0.3, -0.25) is 14.7 Å². The molecular weight excluding hydrogens is 414 g/mol. The van der Waals surface area contributed by atoms with Gasteiger partial charge in [0.1, 0.15) is 5.75 Å². The number of pyridine rings is 1. The Morgan fingerprint density at radius 1 is 1.00 bits per heavy atom. The van der Waals surface area contributed by atoms with E-state index in [0.717, 1.165) is 21.7 Å². The predicted molar refractivity (Wildman–Crippen MR) is 120 cm³/mol. The van der Waals surface area contributed by atoms with Crippen molar-refractivity contribution >= 4 is 32.6 Å². The number of hydrogen-bond donors (Lipinski definition) is 0. The molecule has 1 amide bonds. The van der Waals surface area contributed by atoms with Gasteiger partial charge in [0.25, 0.3) is 5.91 Å². The molecule has 0 atom stereocenters. The zero-order valence-corrected chi connectivity index (χ0v) is 18.0. The number of fused-ring (bicyclic) bond motifs is 1. The van der Waals surface area contributed by atoms with Crippen molar-refractivity contribution in [3.63, 3.8) is 0 Å². The molecule has 2 aromatic carbocycles. The van der Waals surface area contributed by atoms with Gasteiger partial charge in [0.05, 0.1) is 36.7 Å². The van der Waals surface area contributed by atoms with Crippen LogP contribution in [0.2, 0.25) is 0 Å². The molecule has 0 unspecified atom stereocenters. The molecule has 158 valence electrons. The number of nitrogens with zero attached hydrogens (tertiary/aromatic N) is 3. The van der Waals surface area contributed by atoms with E-state index in [1.54, 1.807) is 37.4 Å². The quantitative estimate of drug-likeness (QED) is 0.410. The Hall–Kier alpha value is -3.65. The molecule has 8 heteroatoms. The van der Waals surface area contributed by atoms with Crippen molar-refractivity contribution < 1.29 is 19.0 Å². The van der Waals surface area contributed by atoms with Crippen molar-refractivity contribution in [2.45, 2.75) is 6.54 Å². The van der Waals surface area contributed by atoms with E-state index in [9.17, 15) is 4.79 Å². The lowest BCUT2D eigenvalue weighted by Crippen LogP contribution is -2.34. The van der Waals surface area contributed by atoms with Crippen molar-refractivity contribution in [1.82, 2.24) is 9.97 Å². The number of carbonyl (C=O) groups is 1. The van der Waals surface area contributed by atoms with Gasteiger partial charge in [-0.25, -0.2) is 4.98 Å². The summed E-state index contributed by atoms with van der Waals surface area (Å²) in [5, 5.41) is 0.572. The van der Waals surface area contributed by atoms with Gasteiger partial charge in [-0.2, -0.15) is 0 Å². The first-order valence-corrected chi connectivity index (χ1v) is 10.4. The van der Waals surface area contributed by atoms with E-state index in [1.165, 1.54) is 11.3 Å². The van der Waals surface area contributed by atoms with Crippen LogP contribution >= 0.6 is 11.3 Å². The maximum absolute atomic E-state index is 13.2. The minimum absolute atomic E-state index is 0.160. The lowest BCUT2D eigenvalue weighted by molar-refractivity contribution is -0.120. The van der Waals surface area contributed by atoms with Gasteiger partial charge in [-0.15, -0.1) is 0 Å². The number of ether oxygens (including phenoxy) is 3. The maximum Gasteiger partial charge on any atom is 0.267 e. The zero-order valence-electron chi connectivity index (χ0n) is 17.1. The fraction of sp³-hybridized carbons (Fsp3) is 0.174. The van der Waals surface area contributed by atoms with Crippen molar-refractivity contribution in [1.29, 1.82) is 0 Å². The Kier molecular flexibility index (Phi) is 6.28. The lowest BCUT2D eigenvalue weighted by atomic mass is 10.3. The molecule has 2 aromatic heterocycles. The van der Waals surface area contributed by atoms with Crippen LogP contribution in [0.15, 0.2) is 66.9 Å². The SMILES string of the molecule is COc1ccc2nc(N(Cc3ccccn3)C(=O)COc3ccccc3OC)sc2c1. The van der Waals surface area contributed by atoms with Gasteiger partial charge in [-0.1, -0.05) is 29.5 Å². The predicted octanol–water partition coefficient (Wildman–Crippen LogP) is 4.32. The second kappa shape index (κ2) is 9.44. The van der Waals surface area contributed by atoms with Crippen LogP contribution in [-0.2, 0) is 11.3 Å². The van der Waals surface area contributed by atoms with Gasteiger partial charge in [0, 0.05) is 6.20 Å². The van der Waals surface area contributed by atoms with Crippen LogP contribution in [0.4, 0.5) is 5.13 Å². The second-order valence-electron chi connectivity index (χ2n) is 6.57. The smallest absolute Gasteiger partial charge is 0.267 e. The summed E-state index contributed by atoms with van der Waals surface area (Å²) in [6.45, 7) is 0.123. The first-order chi connectivity index (χ1) is 15.2. The molecule has 0 saturated heterocycles. The number of carbonyl (C=O) groups excluding carboxylic acids is 1. The van der Waals surface area contributed by atoms with E-state index in [0.29, 0.717) is 16.6 Å². The summed E-state index contributed by atoms with van der Waals surface area (Å²) in [5.41, 5.74) is 1.55. The topological polar surface area (TPSA) is 73.8 Å². The average Bonchev–Trinajstić information content (AvgIpc) is 3.24. The normalized spacial score (nSPS) is 10.6. The summed E-state index contributed by atoms with van der Waals surface area (Å²) >= 11 is 1.42. The summed E-state index contributed by atoms with van der Waals surface area (Å²) in [5.74, 6) is 1.58. The van der Waals surface area contributed by atoms with Crippen LogP contribution in [0.25, 0.3) is 10.2 Å². The largest absolute Gasteiger partial charge is 0.497 e. The third kappa shape index (κ3) is 4.75. The minimum Gasteiger partial charge on any atom is -0.497 e. The van der Waals surface area contributed by atoms with Crippen LogP contribution in [0.3, 0.4) is 0 Å². The number of benzene rings is 2. The summed E-state index contributed by atoms with van der Waals surface area (Å²) in [6, 6.07) is 18.5. The summed E-state index contributed by atoms with van der Waals surface area (Å²) in [7, 11) is 3.18. The number of methoxy groups -OCH3 is 2. The second-order valence-corrected chi connectivity index (χ2v) is 7.58. The Labute approximate surface area is 183 Å². The van der Waals surface area contributed by atoms with Crippen LogP contribution in [0.5, 0.6) is 17.2 Å². The number of aromatic nitrogens is 2. The van der Waals surface area contributed by atoms with E-state index in [-0.39, 0.29) is 19.1 Å². The van der Waals surface area contributed by atoms with E-state index in [4.69, 9.17) is 14.2 Å². The molecule has 0 aliphatic heterocycles. The van der Waals surface area contributed by atoms with Gasteiger partial charge in [0.2, 0.25) is 0 Å². The minimum atomic E-state index is -0.234. The highest BCUT2D eigenvalue weighted by Gasteiger charge is 2.22. The number of anilines is 1. The highest BCUT2D eigenvalue weighted by Crippen LogP contribution is 2.32. The van der Waals surface area contributed by atoms with E-state index in [1.807, 2.05) is 48.5 Å². The average molecular weight is 436 g/mol. The maximum atomic E-state index is 13.2. The van der Waals surface area contributed by atoms with Crippen molar-refractivity contribution in [3.8, 4) is 17.2 Å². The molecule has 0 radical (unpaired) electrons. The summed E-state index contributed by atoms with van der Waals surface area (Å²) in [4.78, 5) is 23.8. The molecule has 0 fully saturated rings. The van der Waals surface area contributed by atoms with E-state index >= 15 is 0 Å². The highest BCUT2D eigenvalue weighted by molar-refractivity contribution is 7.22. The molecule has 7 nitrogen and oxygen atoms in total. The van der Waals surface area contributed by atoms with E-state index in [2.05, 4.69) is 9.97 Å². The Morgan fingerprint density at radius 2 is 1.81 bits per heavy atom. The van der Waals surface area contributed by atoms with Gasteiger partial charge < -0.3 is 14.2 Å². The summed E-state index contributed by atoms with van der Waals surface area (Å²) < 4.78 is 17.3. The molecule has 4 aromatic rings. The highest BCUT2D eigenvalue weighted by atomic mass is 32.1. The standard InChI is InChI=1S/C23H21N3O4S/c1-28-17-10-11-18-21(13-17)31-23(25-18)26(14-16-7-5-6-12-24-16)22(27)15-30-20-9-4-3-8-19(20)29-2/h3-13H,14-15H2,1-2H3. The van der Waals surface area contributed by atoms with Gasteiger partial charge in [-0.05, 0) is 42.5 Å². The van der Waals surface area contributed by atoms with Crippen LogP contribution in [0.1, 0.15) is 5.69 Å². The van der Waals surface area contributed by atoms with Crippen molar-refractivity contribution in [2.75, 3.05) is 25.7 Å². The fourth-order valence-electron chi connectivity index (χ4n) is 3.01. The number of hydrogen-bond acceptors (Lipinski definition) is 7. The molecule has 0 aliphatic carbocycles. The Morgan fingerprint density at radius 3 is 2.55 bits per heavy atom. The number of rotatable bonds is 8. The molecule has 2 heterocycles. The first kappa shape index (κ1) is 20.6. The molecule has 0 spiro atoms. The molecule has 31 heavy (non-hydrogen) atoms. The lowest BCUT2D eigenvalue weighted by Gasteiger charge is -2.20. The van der Waals surface area contributed by atoms with E-state index < -0.39 is 0 Å². The molecule has 0 saturated carbocycles. The van der Waals surface area contributed by atoms with Crippen LogP contribution < -0.4 is 19.1 Å². The molecular formula is C23H21N3O4S. The van der Waals surface area contributed by atoms with Crippen LogP contribution in [0, 0.1) is 0 Å². The Bertz CT molecular complexity index is 1180. The zero-order chi connectivity index (χ0) is 21.6.